The summed E-state index contributed by atoms with van der Waals surface area (Å²) in [4.78, 5) is 0. The Morgan fingerprint density at radius 3 is 2.58 bits per heavy atom. The molecule has 0 aromatic rings. The Morgan fingerprint density at radius 1 is 1.42 bits per heavy atom. The van der Waals surface area contributed by atoms with E-state index in [0.29, 0.717) is 5.92 Å². The Hall–Kier alpha value is -0.120. The van der Waals surface area contributed by atoms with Crippen LogP contribution >= 0.6 is 0 Å². The van der Waals surface area contributed by atoms with Crippen LogP contribution in [0.5, 0.6) is 0 Å². The summed E-state index contributed by atoms with van der Waals surface area (Å²) in [6, 6.07) is 0. The molecule has 72 valence electrons. The van der Waals surface area contributed by atoms with Gasteiger partial charge < -0.3 is 14.6 Å². The monoisotopic (exact) mass is 174 g/mol. The number of ether oxygens (including phenoxy) is 2. The second kappa shape index (κ2) is 4.21. The van der Waals surface area contributed by atoms with Crippen molar-refractivity contribution in [1.82, 2.24) is 0 Å². The van der Waals surface area contributed by atoms with Gasteiger partial charge in [0.2, 0.25) is 0 Å². The highest BCUT2D eigenvalue weighted by Crippen LogP contribution is 2.34. The highest BCUT2D eigenvalue weighted by Gasteiger charge is 2.35. The van der Waals surface area contributed by atoms with Gasteiger partial charge in [-0.2, -0.15) is 0 Å². The number of rotatable bonds is 3. The zero-order valence-electron chi connectivity index (χ0n) is 7.88. The smallest absolute Gasteiger partial charge is 0.167 e. The van der Waals surface area contributed by atoms with Crippen molar-refractivity contribution in [1.29, 1.82) is 0 Å². The molecule has 1 atom stereocenters. The molecule has 0 aliphatic heterocycles. The molecule has 0 heterocycles. The maximum Gasteiger partial charge on any atom is 0.167 e. The first-order valence-corrected chi connectivity index (χ1v) is 4.47. The summed E-state index contributed by atoms with van der Waals surface area (Å²) < 4.78 is 10.7. The van der Waals surface area contributed by atoms with Crippen LogP contribution in [0.15, 0.2) is 0 Å². The lowest BCUT2D eigenvalue weighted by molar-refractivity contribution is -0.233. The van der Waals surface area contributed by atoms with Crippen LogP contribution in [-0.2, 0) is 9.47 Å². The topological polar surface area (TPSA) is 38.7 Å². The number of hydrogen-bond donors (Lipinski definition) is 1. The molecular weight excluding hydrogens is 156 g/mol. The maximum atomic E-state index is 9.00. The summed E-state index contributed by atoms with van der Waals surface area (Å²) in [5.74, 6) is -0.0790. The minimum absolute atomic E-state index is 0.245. The zero-order valence-corrected chi connectivity index (χ0v) is 7.88. The lowest BCUT2D eigenvalue weighted by atomic mass is 9.85. The van der Waals surface area contributed by atoms with Crippen LogP contribution in [-0.4, -0.2) is 31.7 Å². The quantitative estimate of drug-likeness (QED) is 0.652. The molecule has 0 amide bonds. The van der Waals surface area contributed by atoms with Crippen molar-refractivity contribution in [2.24, 2.45) is 5.92 Å². The number of hydrogen-bond acceptors (Lipinski definition) is 3. The Bertz CT molecular complexity index is 132. The third-order valence-electron chi connectivity index (χ3n) is 2.77. The van der Waals surface area contributed by atoms with Gasteiger partial charge in [-0.3, -0.25) is 0 Å². The summed E-state index contributed by atoms with van der Waals surface area (Å²) in [6.45, 7) is 0.245. The van der Waals surface area contributed by atoms with Crippen LogP contribution in [0.2, 0.25) is 0 Å². The molecule has 0 radical (unpaired) electrons. The average molecular weight is 174 g/mol. The standard InChI is InChI=1S/C9H18O3/c1-11-9(12-2)5-3-4-8(6-9)7-10/h8,10H,3-7H2,1-2H3. The molecule has 1 aliphatic rings. The lowest BCUT2D eigenvalue weighted by Gasteiger charge is -2.37. The average Bonchev–Trinajstić information content (AvgIpc) is 2.18. The highest BCUT2D eigenvalue weighted by molar-refractivity contribution is 4.79. The van der Waals surface area contributed by atoms with Crippen LogP contribution in [0, 0.1) is 5.92 Å². The summed E-state index contributed by atoms with van der Waals surface area (Å²) in [7, 11) is 3.34. The molecule has 1 N–H and O–H groups in total. The lowest BCUT2D eigenvalue weighted by Crippen LogP contribution is -2.40. The summed E-state index contributed by atoms with van der Waals surface area (Å²) >= 11 is 0. The molecule has 1 saturated carbocycles. The molecule has 0 bridgehead atoms. The van der Waals surface area contributed by atoms with Crippen molar-refractivity contribution in [3.8, 4) is 0 Å². The molecule has 3 heteroatoms. The van der Waals surface area contributed by atoms with Gasteiger partial charge in [0, 0.05) is 33.7 Å². The van der Waals surface area contributed by atoms with Crippen molar-refractivity contribution in [3.63, 3.8) is 0 Å². The molecule has 0 aromatic heterocycles. The predicted octanol–water partition coefficient (Wildman–Crippen LogP) is 1.16. The van der Waals surface area contributed by atoms with Crippen LogP contribution < -0.4 is 0 Å². The van der Waals surface area contributed by atoms with Crippen LogP contribution in [0.3, 0.4) is 0 Å². The van der Waals surface area contributed by atoms with Gasteiger partial charge in [-0.1, -0.05) is 0 Å². The number of aliphatic hydroxyl groups is 1. The van der Waals surface area contributed by atoms with Crippen LogP contribution in [0.1, 0.15) is 25.7 Å². The molecule has 3 nitrogen and oxygen atoms in total. The van der Waals surface area contributed by atoms with Crippen molar-refractivity contribution < 1.29 is 14.6 Å². The van der Waals surface area contributed by atoms with Gasteiger partial charge in [0.25, 0.3) is 0 Å². The fourth-order valence-electron chi connectivity index (χ4n) is 1.91. The Labute approximate surface area is 73.7 Å². The first kappa shape index (κ1) is 9.96. The van der Waals surface area contributed by atoms with Gasteiger partial charge >= 0.3 is 0 Å². The normalized spacial score (nSPS) is 28.8. The Morgan fingerprint density at radius 2 is 2.08 bits per heavy atom. The van der Waals surface area contributed by atoms with E-state index < -0.39 is 5.79 Å². The fourth-order valence-corrected chi connectivity index (χ4v) is 1.91. The van der Waals surface area contributed by atoms with Gasteiger partial charge in [-0.25, -0.2) is 0 Å². The summed E-state index contributed by atoms with van der Waals surface area (Å²) in [6.07, 6.45) is 3.92. The molecule has 1 aliphatic carbocycles. The van der Waals surface area contributed by atoms with E-state index in [1.807, 2.05) is 0 Å². The number of aliphatic hydroxyl groups excluding tert-OH is 1. The molecule has 0 aromatic carbocycles. The third-order valence-corrected chi connectivity index (χ3v) is 2.77. The number of methoxy groups -OCH3 is 2. The van der Waals surface area contributed by atoms with Gasteiger partial charge in [0.1, 0.15) is 0 Å². The minimum atomic E-state index is -0.425. The highest BCUT2D eigenvalue weighted by atomic mass is 16.7. The zero-order chi connectivity index (χ0) is 9.03. The van der Waals surface area contributed by atoms with Gasteiger partial charge in [0.05, 0.1) is 0 Å². The first-order chi connectivity index (χ1) is 5.76. The fraction of sp³-hybridized carbons (Fsp3) is 1.00. The Balaban J connectivity index is 2.52. The second-order valence-electron chi connectivity index (χ2n) is 3.46. The maximum absolute atomic E-state index is 9.00. The van der Waals surface area contributed by atoms with Crippen molar-refractivity contribution in [3.05, 3.63) is 0 Å². The molecule has 1 fully saturated rings. The van der Waals surface area contributed by atoms with Crippen molar-refractivity contribution in [2.45, 2.75) is 31.5 Å². The summed E-state index contributed by atoms with van der Waals surface area (Å²) in [5.41, 5.74) is 0. The summed E-state index contributed by atoms with van der Waals surface area (Å²) in [5, 5.41) is 9.00. The molecule has 0 saturated heterocycles. The second-order valence-corrected chi connectivity index (χ2v) is 3.46. The van der Waals surface area contributed by atoms with Gasteiger partial charge in [0.15, 0.2) is 5.79 Å². The van der Waals surface area contributed by atoms with E-state index in [1.165, 1.54) is 0 Å². The van der Waals surface area contributed by atoms with E-state index in [9.17, 15) is 0 Å². The van der Waals surface area contributed by atoms with Gasteiger partial charge in [-0.15, -0.1) is 0 Å². The van der Waals surface area contributed by atoms with E-state index >= 15 is 0 Å². The largest absolute Gasteiger partial charge is 0.396 e. The predicted molar refractivity (Wildman–Crippen MR) is 45.8 cm³/mol. The third kappa shape index (κ3) is 1.97. The van der Waals surface area contributed by atoms with E-state index in [1.54, 1.807) is 14.2 Å². The first-order valence-electron chi connectivity index (χ1n) is 4.47. The molecule has 0 spiro atoms. The van der Waals surface area contributed by atoms with Gasteiger partial charge in [-0.05, 0) is 18.8 Å². The SMILES string of the molecule is COC1(OC)CCCC(CO)C1. The van der Waals surface area contributed by atoms with Crippen LogP contribution in [0.25, 0.3) is 0 Å². The Kier molecular flexibility index (Phi) is 3.50. The molecule has 1 unspecified atom stereocenters. The minimum Gasteiger partial charge on any atom is -0.396 e. The van der Waals surface area contributed by atoms with E-state index in [0.717, 1.165) is 25.7 Å². The molecular formula is C9H18O3. The van der Waals surface area contributed by atoms with Crippen LogP contribution in [0.4, 0.5) is 0 Å². The van der Waals surface area contributed by atoms with E-state index in [4.69, 9.17) is 14.6 Å². The molecule has 1 rings (SSSR count). The van der Waals surface area contributed by atoms with Crippen molar-refractivity contribution >= 4 is 0 Å². The molecule has 12 heavy (non-hydrogen) atoms. The van der Waals surface area contributed by atoms with E-state index in [2.05, 4.69) is 0 Å². The van der Waals surface area contributed by atoms with Crippen molar-refractivity contribution in [2.75, 3.05) is 20.8 Å². The van der Waals surface area contributed by atoms with E-state index in [-0.39, 0.29) is 6.61 Å².